The van der Waals surface area contributed by atoms with Crippen LogP contribution >= 0.6 is 0 Å². The Labute approximate surface area is 97.1 Å². The Hall–Kier alpha value is -1.28. The van der Waals surface area contributed by atoms with Crippen LogP contribution in [-0.4, -0.2) is 10.6 Å². The first-order valence-corrected chi connectivity index (χ1v) is 5.88. The van der Waals surface area contributed by atoms with E-state index in [0.717, 1.165) is 12.8 Å². The molecule has 0 unspecified atom stereocenters. The van der Waals surface area contributed by atoms with Crippen LogP contribution in [-0.2, 0) is 13.5 Å². The highest BCUT2D eigenvalue weighted by atomic mass is 14.9. The summed E-state index contributed by atoms with van der Waals surface area (Å²) < 4.78 is 2.22. The van der Waals surface area contributed by atoms with Crippen molar-refractivity contribution in [3.63, 3.8) is 0 Å². The van der Waals surface area contributed by atoms with Crippen LogP contribution in [0, 0.1) is 6.92 Å². The van der Waals surface area contributed by atoms with Crippen LogP contribution in [0.2, 0.25) is 0 Å². The van der Waals surface area contributed by atoms with Gasteiger partial charge in [-0.25, -0.2) is 0 Å². The normalized spacial score (nSPS) is 13.2. The summed E-state index contributed by atoms with van der Waals surface area (Å²) in [5.74, 6) is 0. The SMILES string of the molecule is Cc1cccc2c(CC[C@H](C)N)cn(C)c12. The fourth-order valence-corrected chi connectivity index (χ4v) is 2.34. The van der Waals surface area contributed by atoms with E-state index in [9.17, 15) is 0 Å². The van der Waals surface area contributed by atoms with E-state index in [0.29, 0.717) is 0 Å². The molecule has 2 nitrogen and oxygen atoms in total. The van der Waals surface area contributed by atoms with E-state index in [4.69, 9.17) is 5.73 Å². The van der Waals surface area contributed by atoms with Crippen molar-refractivity contribution in [3.8, 4) is 0 Å². The molecule has 0 aliphatic rings. The molecular weight excluding hydrogens is 196 g/mol. The maximum absolute atomic E-state index is 5.81. The molecule has 2 aromatic rings. The van der Waals surface area contributed by atoms with Gasteiger partial charge in [-0.2, -0.15) is 0 Å². The average molecular weight is 216 g/mol. The summed E-state index contributed by atoms with van der Waals surface area (Å²) in [6.07, 6.45) is 4.35. The second-order valence-electron chi connectivity index (χ2n) is 4.75. The van der Waals surface area contributed by atoms with E-state index >= 15 is 0 Å². The zero-order valence-electron chi connectivity index (χ0n) is 10.3. The van der Waals surface area contributed by atoms with Crippen LogP contribution in [0.5, 0.6) is 0 Å². The fraction of sp³-hybridized carbons (Fsp3) is 0.429. The Morgan fingerprint density at radius 1 is 1.38 bits per heavy atom. The fourth-order valence-electron chi connectivity index (χ4n) is 2.34. The third-order valence-corrected chi connectivity index (χ3v) is 3.15. The lowest BCUT2D eigenvalue weighted by Crippen LogP contribution is -2.15. The minimum Gasteiger partial charge on any atom is -0.350 e. The van der Waals surface area contributed by atoms with Gasteiger partial charge in [0.1, 0.15) is 0 Å². The quantitative estimate of drug-likeness (QED) is 0.840. The molecular formula is C14H20N2. The predicted octanol–water partition coefficient (Wildman–Crippen LogP) is 2.77. The van der Waals surface area contributed by atoms with Crippen LogP contribution in [0.4, 0.5) is 0 Å². The number of nitrogens with zero attached hydrogens (tertiary/aromatic N) is 1. The minimum atomic E-state index is 0.278. The Morgan fingerprint density at radius 3 is 2.81 bits per heavy atom. The monoisotopic (exact) mass is 216 g/mol. The number of benzene rings is 1. The molecule has 0 saturated heterocycles. The minimum absolute atomic E-state index is 0.278. The summed E-state index contributed by atoms with van der Waals surface area (Å²) in [5, 5.41) is 1.38. The number of hydrogen-bond acceptors (Lipinski definition) is 1. The molecule has 86 valence electrons. The molecule has 0 radical (unpaired) electrons. The van der Waals surface area contributed by atoms with Crippen molar-refractivity contribution >= 4 is 10.9 Å². The van der Waals surface area contributed by atoms with Gasteiger partial charge in [0, 0.05) is 24.7 Å². The van der Waals surface area contributed by atoms with Crippen molar-refractivity contribution in [2.45, 2.75) is 32.7 Å². The lowest BCUT2D eigenvalue weighted by molar-refractivity contribution is 0.667. The zero-order chi connectivity index (χ0) is 11.7. The molecule has 16 heavy (non-hydrogen) atoms. The van der Waals surface area contributed by atoms with Gasteiger partial charge in [0.05, 0.1) is 5.52 Å². The second kappa shape index (κ2) is 4.30. The molecule has 0 amide bonds. The summed E-state index contributed by atoms with van der Waals surface area (Å²) in [4.78, 5) is 0. The van der Waals surface area contributed by atoms with Gasteiger partial charge in [-0.05, 0) is 37.8 Å². The number of aryl methyl sites for hydroxylation is 3. The first-order valence-electron chi connectivity index (χ1n) is 5.88. The van der Waals surface area contributed by atoms with Crippen LogP contribution in [0.3, 0.4) is 0 Å². The largest absolute Gasteiger partial charge is 0.350 e. The number of hydrogen-bond donors (Lipinski definition) is 1. The Balaban J connectivity index is 2.43. The first-order chi connectivity index (χ1) is 7.59. The van der Waals surface area contributed by atoms with Gasteiger partial charge in [0.15, 0.2) is 0 Å². The van der Waals surface area contributed by atoms with E-state index in [1.165, 1.54) is 22.0 Å². The molecule has 0 spiro atoms. The smallest absolute Gasteiger partial charge is 0.0510 e. The van der Waals surface area contributed by atoms with E-state index in [-0.39, 0.29) is 6.04 Å². The number of nitrogens with two attached hydrogens (primary N) is 1. The van der Waals surface area contributed by atoms with E-state index in [2.05, 4.69) is 49.9 Å². The van der Waals surface area contributed by atoms with Crippen molar-refractivity contribution in [1.82, 2.24) is 4.57 Å². The third-order valence-electron chi connectivity index (χ3n) is 3.15. The topological polar surface area (TPSA) is 30.9 Å². The molecule has 1 aromatic carbocycles. The molecule has 1 atom stereocenters. The Morgan fingerprint density at radius 2 is 2.12 bits per heavy atom. The lowest BCUT2D eigenvalue weighted by Gasteiger charge is -2.03. The summed E-state index contributed by atoms with van der Waals surface area (Å²) >= 11 is 0. The lowest BCUT2D eigenvalue weighted by atomic mass is 10.0. The number of aromatic nitrogens is 1. The average Bonchev–Trinajstić information content (AvgIpc) is 2.54. The number of rotatable bonds is 3. The van der Waals surface area contributed by atoms with Crippen molar-refractivity contribution in [2.75, 3.05) is 0 Å². The van der Waals surface area contributed by atoms with E-state index < -0.39 is 0 Å². The van der Waals surface area contributed by atoms with Gasteiger partial charge in [-0.15, -0.1) is 0 Å². The van der Waals surface area contributed by atoms with Crippen molar-refractivity contribution in [2.24, 2.45) is 12.8 Å². The van der Waals surface area contributed by atoms with Gasteiger partial charge < -0.3 is 10.3 Å². The van der Waals surface area contributed by atoms with Crippen molar-refractivity contribution in [1.29, 1.82) is 0 Å². The maximum atomic E-state index is 5.81. The maximum Gasteiger partial charge on any atom is 0.0510 e. The van der Waals surface area contributed by atoms with Gasteiger partial charge in [0.25, 0.3) is 0 Å². The summed E-state index contributed by atoms with van der Waals surface area (Å²) in [7, 11) is 2.12. The van der Waals surface area contributed by atoms with Crippen LogP contribution in [0.25, 0.3) is 10.9 Å². The molecule has 0 saturated carbocycles. The summed E-state index contributed by atoms with van der Waals surface area (Å²) in [6, 6.07) is 6.78. The molecule has 0 fully saturated rings. The van der Waals surface area contributed by atoms with Crippen molar-refractivity contribution in [3.05, 3.63) is 35.5 Å². The van der Waals surface area contributed by atoms with Crippen molar-refractivity contribution < 1.29 is 0 Å². The molecule has 0 aliphatic heterocycles. The second-order valence-corrected chi connectivity index (χ2v) is 4.75. The molecule has 0 bridgehead atoms. The highest BCUT2D eigenvalue weighted by Gasteiger charge is 2.08. The number of fused-ring (bicyclic) bond motifs is 1. The van der Waals surface area contributed by atoms with Gasteiger partial charge >= 0.3 is 0 Å². The molecule has 2 rings (SSSR count). The zero-order valence-corrected chi connectivity index (χ0v) is 10.3. The molecule has 0 aliphatic carbocycles. The third kappa shape index (κ3) is 1.98. The molecule has 1 heterocycles. The van der Waals surface area contributed by atoms with E-state index in [1.807, 2.05) is 0 Å². The van der Waals surface area contributed by atoms with Gasteiger partial charge in [-0.1, -0.05) is 18.2 Å². The van der Waals surface area contributed by atoms with Crippen LogP contribution in [0.15, 0.2) is 24.4 Å². The number of para-hydroxylation sites is 1. The van der Waals surface area contributed by atoms with Crippen LogP contribution < -0.4 is 5.73 Å². The Bertz CT molecular complexity index is 495. The van der Waals surface area contributed by atoms with E-state index in [1.54, 1.807) is 0 Å². The molecule has 2 N–H and O–H groups in total. The highest BCUT2D eigenvalue weighted by molar-refractivity contribution is 5.86. The first kappa shape index (κ1) is 11.2. The highest BCUT2D eigenvalue weighted by Crippen LogP contribution is 2.24. The van der Waals surface area contributed by atoms with Gasteiger partial charge in [-0.3, -0.25) is 0 Å². The summed E-state index contributed by atoms with van der Waals surface area (Å²) in [5.41, 5.74) is 9.92. The summed E-state index contributed by atoms with van der Waals surface area (Å²) in [6.45, 7) is 4.23. The molecule has 2 heteroatoms. The Kier molecular flexibility index (Phi) is 3.01. The predicted molar refractivity (Wildman–Crippen MR) is 69.6 cm³/mol. The van der Waals surface area contributed by atoms with Gasteiger partial charge in [0.2, 0.25) is 0 Å². The molecule has 1 aromatic heterocycles. The standard InChI is InChI=1S/C14H20N2/c1-10-5-4-6-13-12(8-7-11(2)15)9-16(3)14(10)13/h4-6,9,11H,7-8,15H2,1-3H3/t11-/m0/s1. The van der Waals surface area contributed by atoms with Crippen LogP contribution in [0.1, 0.15) is 24.5 Å².